The summed E-state index contributed by atoms with van der Waals surface area (Å²) in [5, 5.41) is 0. The minimum Gasteiger partial charge on any atom is -0.492 e. The van der Waals surface area contributed by atoms with Gasteiger partial charge in [-0.1, -0.05) is 0 Å². The molecule has 106 valence electrons. The van der Waals surface area contributed by atoms with Gasteiger partial charge >= 0.3 is 6.18 Å². The van der Waals surface area contributed by atoms with Gasteiger partial charge in [0.2, 0.25) is 0 Å². The summed E-state index contributed by atoms with van der Waals surface area (Å²) >= 11 is 0. The van der Waals surface area contributed by atoms with Crippen LogP contribution in [0.4, 0.5) is 13.2 Å². The predicted molar refractivity (Wildman–Crippen MR) is 62.1 cm³/mol. The lowest BCUT2D eigenvalue weighted by Crippen LogP contribution is -2.14. The molecule has 0 amide bonds. The van der Waals surface area contributed by atoms with Crippen LogP contribution in [-0.2, 0) is 17.5 Å². The Bertz CT molecular complexity index is 458. The summed E-state index contributed by atoms with van der Waals surface area (Å²) in [5.74, 6) is -0.127. The predicted octanol–water partition coefficient (Wildman–Crippen LogP) is 2.31. The highest BCUT2D eigenvalue weighted by Crippen LogP contribution is 2.39. The summed E-state index contributed by atoms with van der Waals surface area (Å²) < 4.78 is 47.9. The molecule has 0 saturated carbocycles. The van der Waals surface area contributed by atoms with Crippen LogP contribution in [0.3, 0.4) is 0 Å². The van der Waals surface area contributed by atoms with Crippen LogP contribution >= 0.6 is 0 Å². The van der Waals surface area contributed by atoms with E-state index >= 15 is 0 Å². The zero-order valence-corrected chi connectivity index (χ0v) is 10.7. The molecule has 0 spiro atoms. The fourth-order valence-corrected chi connectivity index (χ4v) is 1.65. The zero-order valence-electron chi connectivity index (χ0n) is 10.7. The Labute approximate surface area is 108 Å². The van der Waals surface area contributed by atoms with Crippen molar-refractivity contribution in [3.05, 3.63) is 23.3 Å². The third-order valence-electron chi connectivity index (χ3n) is 2.32. The summed E-state index contributed by atoms with van der Waals surface area (Å²) in [6.07, 6.45) is -4.52. The highest BCUT2D eigenvalue weighted by molar-refractivity contribution is 5.56. The number of nitrogens with zero attached hydrogens (tertiary/aromatic N) is 1. The number of carbonyl (C=O) groups excluding carboxylic acids is 1. The molecule has 1 rings (SSSR count). The second-order valence-electron chi connectivity index (χ2n) is 4.12. The number of hydrogen-bond acceptors (Lipinski definition) is 4. The van der Waals surface area contributed by atoms with Gasteiger partial charge in [-0.25, -0.2) is 0 Å². The van der Waals surface area contributed by atoms with E-state index in [0.29, 0.717) is 5.56 Å². The van der Waals surface area contributed by atoms with Gasteiger partial charge in [0.05, 0.1) is 12.7 Å². The molecule has 0 saturated heterocycles. The number of methoxy groups -OCH3 is 1. The summed E-state index contributed by atoms with van der Waals surface area (Å²) in [5.41, 5.74) is -0.596. The lowest BCUT2D eigenvalue weighted by molar-refractivity contribution is -0.138. The molecule has 0 unspecified atom stereocenters. The van der Waals surface area contributed by atoms with E-state index in [4.69, 9.17) is 4.74 Å². The average molecular weight is 277 g/mol. The van der Waals surface area contributed by atoms with Crippen LogP contribution in [0.1, 0.15) is 11.1 Å². The van der Waals surface area contributed by atoms with Crippen LogP contribution in [0.15, 0.2) is 12.1 Å². The van der Waals surface area contributed by atoms with E-state index in [1.807, 2.05) is 0 Å². The maximum Gasteiger partial charge on any atom is 0.416 e. The average Bonchev–Trinajstić information content (AvgIpc) is 2.27. The monoisotopic (exact) mass is 277 g/mol. The molecular weight excluding hydrogens is 263 g/mol. The minimum absolute atomic E-state index is 0.0669. The van der Waals surface area contributed by atoms with Crippen LogP contribution in [-0.4, -0.2) is 32.6 Å². The number of ether oxygens (including phenoxy) is 2. The van der Waals surface area contributed by atoms with Crippen LogP contribution in [0.5, 0.6) is 11.5 Å². The number of alkyl halides is 3. The number of hydrogen-bond donors (Lipinski definition) is 0. The van der Waals surface area contributed by atoms with E-state index in [2.05, 4.69) is 4.74 Å². The number of carbonyl (C=O) groups is 1. The normalized spacial score (nSPS) is 11.5. The van der Waals surface area contributed by atoms with Gasteiger partial charge < -0.3 is 14.4 Å². The molecule has 0 aliphatic rings. The Morgan fingerprint density at radius 2 is 1.95 bits per heavy atom. The van der Waals surface area contributed by atoms with Gasteiger partial charge in [-0.15, -0.1) is 0 Å². The smallest absolute Gasteiger partial charge is 0.416 e. The molecule has 19 heavy (non-hydrogen) atoms. The van der Waals surface area contributed by atoms with Crippen molar-refractivity contribution in [3.8, 4) is 11.5 Å². The molecule has 0 fully saturated rings. The van der Waals surface area contributed by atoms with Crippen molar-refractivity contribution in [2.75, 3.05) is 21.2 Å². The maximum absolute atomic E-state index is 12.8. The van der Waals surface area contributed by atoms with Crippen LogP contribution < -0.4 is 9.47 Å². The number of rotatable bonds is 5. The second kappa shape index (κ2) is 5.92. The van der Waals surface area contributed by atoms with Gasteiger partial charge in [0.25, 0.3) is 6.47 Å². The van der Waals surface area contributed by atoms with E-state index in [0.717, 1.165) is 12.1 Å². The molecule has 0 bridgehead atoms. The zero-order chi connectivity index (χ0) is 14.6. The third-order valence-corrected chi connectivity index (χ3v) is 2.32. The molecule has 7 heteroatoms. The number of benzene rings is 1. The standard InChI is InChI=1S/C12H14F3NO3/c1-16(2)6-8-4-9(12(13,14)15)5-10(19-7-17)11(8)18-3/h4-5,7H,6H2,1-3H3. The van der Waals surface area contributed by atoms with Crippen LogP contribution in [0.25, 0.3) is 0 Å². The molecule has 0 aromatic heterocycles. The fourth-order valence-electron chi connectivity index (χ4n) is 1.65. The first-order chi connectivity index (χ1) is 8.79. The SMILES string of the molecule is COc1c(CN(C)C)cc(C(F)(F)F)cc1OC=O. The van der Waals surface area contributed by atoms with E-state index in [1.54, 1.807) is 19.0 Å². The van der Waals surface area contributed by atoms with Crippen LogP contribution in [0.2, 0.25) is 0 Å². The lowest BCUT2D eigenvalue weighted by atomic mass is 10.1. The first-order valence-electron chi connectivity index (χ1n) is 5.32. The summed E-state index contributed by atoms with van der Waals surface area (Å²) in [4.78, 5) is 12.1. The van der Waals surface area contributed by atoms with E-state index in [-0.39, 0.29) is 24.5 Å². The Hall–Kier alpha value is -1.76. The molecule has 1 aromatic carbocycles. The van der Waals surface area contributed by atoms with Crippen molar-refractivity contribution >= 4 is 6.47 Å². The molecular formula is C12H14F3NO3. The first kappa shape index (κ1) is 15.3. The Morgan fingerprint density at radius 1 is 1.32 bits per heavy atom. The summed E-state index contributed by atoms with van der Waals surface area (Å²) in [6, 6.07) is 1.73. The van der Waals surface area contributed by atoms with Gasteiger partial charge in [-0.2, -0.15) is 13.2 Å². The quantitative estimate of drug-likeness (QED) is 0.774. The first-order valence-corrected chi connectivity index (χ1v) is 5.32. The molecule has 0 radical (unpaired) electrons. The van der Waals surface area contributed by atoms with Crippen molar-refractivity contribution in [1.29, 1.82) is 0 Å². The van der Waals surface area contributed by atoms with Crippen molar-refractivity contribution in [2.45, 2.75) is 12.7 Å². The highest BCUT2D eigenvalue weighted by atomic mass is 19.4. The molecule has 0 atom stereocenters. The lowest BCUT2D eigenvalue weighted by Gasteiger charge is -2.18. The fraction of sp³-hybridized carbons (Fsp3) is 0.417. The molecule has 1 aromatic rings. The van der Waals surface area contributed by atoms with Crippen molar-refractivity contribution in [3.63, 3.8) is 0 Å². The largest absolute Gasteiger partial charge is 0.492 e. The molecule has 0 aliphatic carbocycles. The van der Waals surface area contributed by atoms with Crippen molar-refractivity contribution in [1.82, 2.24) is 4.90 Å². The summed E-state index contributed by atoms with van der Waals surface area (Å²) in [6.45, 7) is 0.291. The Balaban J connectivity index is 3.39. The van der Waals surface area contributed by atoms with E-state index in [1.165, 1.54) is 7.11 Å². The van der Waals surface area contributed by atoms with E-state index < -0.39 is 11.7 Å². The highest BCUT2D eigenvalue weighted by Gasteiger charge is 2.33. The molecule has 0 N–H and O–H groups in total. The van der Waals surface area contributed by atoms with Crippen molar-refractivity contribution in [2.24, 2.45) is 0 Å². The topological polar surface area (TPSA) is 38.8 Å². The summed E-state index contributed by atoms with van der Waals surface area (Å²) in [7, 11) is 4.72. The van der Waals surface area contributed by atoms with Crippen LogP contribution in [0, 0.1) is 0 Å². The molecule has 4 nitrogen and oxygen atoms in total. The third kappa shape index (κ3) is 3.85. The molecule has 0 aliphatic heterocycles. The second-order valence-corrected chi connectivity index (χ2v) is 4.12. The van der Waals surface area contributed by atoms with Gasteiger partial charge in [-0.05, 0) is 26.2 Å². The Kier molecular flexibility index (Phi) is 4.77. The Morgan fingerprint density at radius 3 is 2.37 bits per heavy atom. The number of halogens is 3. The maximum atomic E-state index is 12.8. The minimum atomic E-state index is -4.52. The molecule has 0 heterocycles. The van der Waals surface area contributed by atoms with Gasteiger partial charge in [0, 0.05) is 12.1 Å². The van der Waals surface area contributed by atoms with Gasteiger partial charge in [0.15, 0.2) is 11.5 Å². The van der Waals surface area contributed by atoms with E-state index in [9.17, 15) is 18.0 Å². The van der Waals surface area contributed by atoms with Crippen molar-refractivity contribution < 1.29 is 27.4 Å². The van der Waals surface area contributed by atoms with Gasteiger partial charge in [0.1, 0.15) is 0 Å². The van der Waals surface area contributed by atoms with Gasteiger partial charge in [-0.3, -0.25) is 4.79 Å².